The first-order chi connectivity index (χ1) is 11.4. The second-order valence-electron chi connectivity index (χ2n) is 6.03. The van der Waals surface area contributed by atoms with Crippen LogP contribution >= 0.6 is 11.3 Å². The van der Waals surface area contributed by atoms with Crippen molar-refractivity contribution in [2.75, 3.05) is 18.8 Å². The summed E-state index contributed by atoms with van der Waals surface area (Å²) in [6, 6.07) is 4.27. The van der Waals surface area contributed by atoms with Crippen molar-refractivity contribution in [3.63, 3.8) is 0 Å². The Labute approximate surface area is 142 Å². The molecule has 0 spiro atoms. The molecule has 0 aromatic carbocycles. The van der Waals surface area contributed by atoms with Gasteiger partial charge in [-0.15, -0.1) is 11.3 Å². The van der Waals surface area contributed by atoms with Gasteiger partial charge in [-0.3, -0.25) is 23.6 Å². The first kappa shape index (κ1) is 16.7. The third-order valence-corrected chi connectivity index (χ3v) is 5.54. The Bertz CT molecular complexity index is 882. The molecule has 2 aromatic rings. The number of aromatic nitrogens is 2. The number of nitrogens with two attached hydrogens (primary N) is 1. The Morgan fingerprint density at radius 2 is 2.08 bits per heavy atom. The average Bonchev–Trinajstić information content (AvgIpc) is 3.22. The summed E-state index contributed by atoms with van der Waals surface area (Å²) < 4.78 is 2.06. The summed E-state index contributed by atoms with van der Waals surface area (Å²) in [7, 11) is 2.81. The van der Waals surface area contributed by atoms with Crippen molar-refractivity contribution in [1.29, 1.82) is 0 Å². The number of thiophene rings is 1. The molecule has 1 atom stereocenters. The van der Waals surface area contributed by atoms with Gasteiger partial charge in [0, 0.05) is 25.0 Å². The van der Waals surface area contributed by atoms with Gasteiger partial charge in [0.1, 0.15) is 11.4 Å². The van der Waals surface area contributed by atoms with Crippen LogP contribution < -0.4 is 17.0 Å². The highest BCUT2D eigenvalue weighted by Gasteiger charge is 2.30. The van der Waals surface area contributed by atoms with Crippen LogP contribution in [0.5, 0.6) is 0 Å². The molecule has 0 amide bonds. The van der Waals surface area contributed by atoms with Crippen molar-refractivity contribution in [3.05, 3.63) is 48.8 Å². The van der Waals surface area contributed by atoms with Crippen LogP contribution in [0.2, 0.25) is 0 Å². The van der Waals surface area contributed by atoms with E-state index in [-0.39, 0.29) is 29.8 Å². The van der Waals surface area contributed by atoms with E-state index in [0.717, 1.165) is 28.5 Å². The molecular formula is C16H20N4O3S. The Morgan fingerprint density at radius 3 is 2.75 bits per heavy atom. The molecule has 24 heavy (non-hydrogen) atoms. The van der Waals surface area contributed by atoms with Gasteiger partial charge in [0.05, 0.1) is 6.54 Å². The number of rotatable bonds is 4. The molecule has 2 N–H and O–H groups in total. The van der Waals surface area contributed by atoms with Crippen molar-refractivity contribution in [2.24, 2.45) is 14.1 Å². The van der Waals surface area contributed by atoms with Gasteiger partial charge >= 0.3 is 5.69 Å². The van der Waals surface area contributed by atoms with Gasteiger partial charge in [-0.2, -0.15) is 0 Å². The minimum atomic E-state index is -0.632. The second kappa shape index (κ2) is 6.37. The zero-order valence-corrected chi connectivity index (χ0v) is 14.5. The number of carbonyl (C=O) groups excluding carboxylic acids is 1. The predicted octanol–water partition coefficient (Wildman–Crippen LogP) is 0.747. The van der Waals surface area contributed by atoms with Gasteiger partial charge in [0.15, 0.2) is 5.78 Å². The molecule has 0 saturated carbocycles. The van der Waals surface area contributed by atoms with Crippen molar-refractivity contribution in [2.45, 2.75) is 18.9 Å². The molecule has 7 nitrogen and oxygen atoms in total. The standard InChI is InChI=1S/C16H20N4O3S/c1-18-14(17)13(15(22)19(2)16(18)23)11(21)9-20-7-3-5-10(20)12-6-4-8-24-12/h4,6,8,10H,3,5,7,9,17H2,1-2H3/t10-/m0/s1. The largest absolute Gasteiger partial charge is 0.384 e. The third kappa shape index (κ3) is 2.71. The van der Waals surface area contributed by atoms with Crippen LogP contribution in [0.15, 0.2) is 27.1 Å². The molecule has 3 heterocycles. The zero-order chi connectivity index (χ0) is 17.4. The molecule has 1 aliphatic rings. The summed E-state index contributed by atoms with van der Waals surface area (Å²) in [5, 5.41) is 2.02. The molecule has 3 rings (SSSR count). The van der Waals surface area contributed by atoms with E-state index in [1.165, 1.54) is 19.0 Å². The Hall–Kier alpha value is -2.19. The Balaban J connectivity index is 1.91. The maximum Gasteiger partial charge on any atom is 0.332 e. The van der Waals surface area contributed by atoms with Crippen LogP contribution in [0.4, 0.5) is 5.82 Å². The van der Waals surface area contributed by atoms with E-state index in [4.69, 9.17) is 5.73 Å². The fraction of sp³-hybridized carbons (Fsp3) is 0.438. The van der Waals surface area contributed by atoms with E-state index in [9.17, 15) is 14.4 Å². The second-order valence-corrected chi connectivity index (χ2v) is 7.01. The number of nitrogens with zero attached hydrogens (tertiary/aromatic N) is 3. The number of hydrogen-bond acceptors (Lipinski definition) is 6. The van der Waals surface area contributed by atoms with Crippen LogP contribution in [0.3, 0.4) is 0 Å². The van der Waals surface area contributed by atoms with E-state index in [1.807, 2.05) is 11.4 Å². The summed E-state index contributed by atoms with van der Waals surface area (Å²) in [4.78, 5) is 40.2. The zero-order valence-electron chi connectivity index (χ0n) is 13.7. The minimum Gasteiger partial charge on any atom is -0.384 e. The number of likely N-dealkylation sites (tertiary alicyclic amines) is 1. The summed E-state index contributed by atoms with van der Waals surface area (Å²) in [5.41, 5.74) is 4.60. The highest BCUT2D eigenvalue weighted by atomic mass is 32.1. The van der Waals surface area contributed by atoms with Crippen molar-refractivity contribution in [1.82, 2.24) is 14.0 Å². The fourth-order valence-electron chi connectivity index (χ4n) is 3.20. The van der Waals surface area contributed by atoms with Gasteiger partial charge < -0.3 is 5.73 Å². The molecule has 1 fully saturated rings. The van der Waals surface area contributed by atoms with Crippen molar-refractivity contribution < 1.29 is 4.79 Å². The highest BCUT2D eigenvalue weighted by Crippen LogP contribution is 2.34. The number of hydrogen-bond donors (Lipinski definition) is 1. The Morgan fingerprint density at radius 1 is 1.33 bits per heavy atom. The van der Waals surface area contributed by atoms with Gasteiger partial charge in [-0.1, -0.05) is 6.07 Å². The minimum absolute atomic E-state index is 0.0695. The quantitative estimate of drug-likeness (QED) is 0.824. The first-order valence-corrected chi connectivity index (χ1v) is 8.66. The lowest BCUT2D eigenvalue weighted by molar-refractivity contribution is 0.0920. The van der Waals surface area contributed by atoms with Gasteiger partial charge in [0.2, 0.25) is 0 Å². The molecule has 1 saturated heterocycles. The number of carbonyl (C=O) groups is 1. The topological polar surface area (TPSA) is 90.3 Å². The third-order valence-electron chi connectivity index (χ3n) is 4.57. The van der Waals surface area contributed by atoms with Gasteiger partial charge in [0.25, 0.3) is 5.56 Å². The summed E-state index contributed by atoms with van der Waals surface area (Å²) >= 11 is 1.67. The lowest BCUT2D eigenvalue weighted by Gasteiger charge is -2.23. The number of nitrogen functional groups attached to an aromatic ring is 1. The molecule has 0 radical (unpaired) electrons. The smallest absolute Gasteiger partial charge is 0.332 e. The van der Waals surface area contributed by atoms with Crippen molar-refractivity contribution >= 4 is 22.9 Å². The maximum absolute atomic E-state index is 12.7. The van der Waals surface area contributed by atoms with E-state index in [1.54, 1.807) is 11.3 Å². The highest BCUT2D eigenvalue weighted by molar-refractivity contribution is 7.10. The summed E-state index contributed by atoms with van der Waals surface area (Å²) in [6.45, 7) is 0.931. The van der Waals surface area contributed by atoms with E-state index >= 15 is 0 Å². The first-order valence-electron chi connectivity index (χ1n) is 7.78. The monoisotopic (exact) mass is 348 g/mol. The van der Waals surface area contributed by atoms with Crippen molar-refractivity contribution in [3.8, 4) is 0 Å². The molecule has 2 aromatic heterocycles. The molecule has 128 valence electrons. The predicted molar refractivity (Wildman–Crippen MR) is 93.5 cm³/mol. The summed E-state index contributed by atoms with van der Waals surface area (Å²) in [6.07, 6.45) is 2.01. The molecule has 0 aliphatic carbocycles. The lowest BCUT2D eigenvalue weighted by Crippen LogP contribution is -2.43. The van der Waals surface area contributed by atoms with Gasteiger partial charge in [-0.25, -0.2) is 4.79 Å². The molecule has 0 bridgehead atoms. The van der Waals surface area contributed by atoms with Crippen LogP contribution in [-0.4, -0.2) is 32.9 Å². The average molecular weight is 348 g/mol. The molecule has 8 heteroatoms. The number of anilines is 1. The van der Waals surface area contributed by atoms with E-state index < -0.39 is 11.2 Å². The number of Topliss-reactive ketones (excluding diaryl/α,β-unsaturated/α-hetero) is 1. The van der Waals surface area contributed by atoms with E-state index in [2.05, 4.69) is 11.0 Å². The molecule has 1 aliphatic heterocycles. The van der Waals surface area contributed by atoms with Gasteiger partial charge in [-0.05, 0) is 30.8 Å². The van der Waals surface area contributed by atoms with Crippen LogP contribution in [0.25, 0.3) is 0 Å². The lowest BCUT2D eigenvalue weighted by atomic mass is 10.1. The molecule has 0 unspecified atom stereocenters. The van der Waals surface area contributed by atoms with E-state index in [0.29, 0.717) is 0 Å². The molecular weight excluding hydrogens is 328 g/mol. The number of ketones is 1. The fourth-order valence-corrected chi connectivity index (χ4v) is 4.10. The maximum atomic E-state index is 12.7. The Kier molecular flexibility index (Phi) is 4.42. The van der Waals surface area contributed by atoms with Crippen LogP contribution in [0, 0.1) is 0 Å². The normalized spacial score (nSPS) is 18.2. The summed E-state index contributed by atoms with van der Waals surface area (Å²) in [5.74, 6) is -0.410. The van der Waals surface area contributed by atoms with Crippen LogP contribution in [-0.2, 0) is 14.1 Å². The SMILES string of the molecule is Cn1c(N)c(C(=O)CN2CCC[C@H]2c2cccs2)c(=O)n(C)c1=O. The van der Waals surface area contributed by atoms with Crippen LogP contribution in [0.1, 0.15) is 34.1 Å².